The van der Waals surface area contributed by atoms with Crippen molar-refractivity contribution >= 4 is 28.8 Å². The number of carbonyl (C=O) groups excluding carboxylic acids is 1. The highest BCUT2D eigenvalue weighted by molar-refractivity contribution is 7.80. The second-order valence-corrected chi connectivity index (χ2v) is 7.55. The summed E-state index contributed by atoms with van der Waals surface area (Å²) in [4.78, 5) is 14.7. The van der Waals surface area contributed by atoms with Crippen LogP contribution in [-0.4, -0.2) is 28.9 Å². The third-order valence-electron chi connectivity index (χ3n) is 3.55. The van der Waals surface area contributed by atoms with Gasteiger partial charge in [0.1, 0.15) is 0 Å². The molecule has 1 rings (SSSR count). The lowest BCUT2D eigenvalue weighted by Crippen LogP contribution is -2.48. The first-order valence-electron chi connectivity index (χ1n) is 7.76. The molecule has 1 atom stereocenters. The van der Waals surface area contributed by atoms with Crippen LogP contribution in [0.2, 0.25) is 0 Å². The van der Waals surface area contributed by atoms with Crippen molar-refractivity contribution in [1.82, 2.24) is 4.90 Å². The Balaban J connectivity index is 2.89. The summed E-state index contributed by atoms with van der Waals surface area (Å²) >= 11 is 5.49. The van der Waals surface area contributed by atoms with Crippen LogP contribution in [0, 0.1) is 11.3 Å². The summed E-state index contributed by atoms with van der Waals surface area (Å²) < 4.78 is 0. The van der Waals surface area contributed by atoms with Crippen LogP contribution in [0.1, 0.15) is 41.0 Å². The van der Waals surface area contributed by atoms with Crippen LogP contribution in [0.5, 0.6) is 0 Å². The number of rotatable bonds is 5. The highest BCUT2D eigenvalue weighted by atomic mass is 32.1. The van der Waals surface area contributed by atoms with E-state index in [2.05, 4.69) is 19.2 Å². The summed E-state index contributed by atoms with van der Waals surface area (Å²) in [6, 6.07) is 9.59. The van der Waals surface area contributed by atoms with Crippen molar-refractivity contribution in [3.63, 3.8) is 0 Å². The predicted molar refractivity (Wildman–Crippen MR) is 98.1 cm³/mol. The van der Waals surface area contributed by atoms with E-state index >= 15 is 0 Å². The molecule has 0 aliphatic rings. The number of nitrogens with one attached hydrogen (secondary N) is 1. The molecule has 0 spiro atoms. The molecule has 4 heteroatoms. The zero-order chi connectivity index (χ0) is 16.9. The largest absolute Gasteiger partial charge is 0.342 e. The monoisotopic (exact) mass is 320 g/mol. The average Bonchev–Trinajstić information content (AvgIpc) is 2.43. The minimum atomic E-state index is -0.379. The van der Waals surface area contributed by atoms with Gasteiger partial charge in [-0.25, -0.2) is 0 Å². The Morgan fingerprint density at radius 3 is 2.23 bits per heavy atom. The quantitative estimate of drug-likeness (QED) is 0.818. The Labute approximate surface area is 140 Å². The predicted octanol–water partition coefficient (Wildman–Crippen LogP) is 4.35. The molecule has 22 heavy (non-hydrogen) atoms. The molecule has 0 aliphatic carbocycles. The summed E-state index contributed by atoms with van der Waals surface area (Å²) in [5.74, 6) is 0.652. The highest BCUT2D eigenvalue weighted by Gasteiger charge is 2.33. The van der Waals surface area contributed by atoms with Gasteiger partial charge in [0, 0.05) is 18.2 Å². The van der Waals surface area contributed by atoms with Crippen LogP contribution < -0.4 is 5.32 Å². The lowest BCUT2D eigenvalue weighted by molar-refractivity contribution is -0.130. The van der Waals surface area contributed by atoms with Crippen LogP contribution >= 0.6 is 12.2 Å². The molecular formula is C18H28N2OS. The van der Waals surface area contributed by atoms with Crippen LogP contribution in [0.15, 0.2) is 30.3 Å². The Hall–Kier alpha value is -1.42. The van der Waals surface area contributed by atoms with Gasteiger partial charge in [-0.3, -0.25) is 4.79 Å². The number of benzene rings is 1. The summed E-state index contributed by atoms with van der Waals surface area (Å²) in [5, 5.41) is 3.79. The van der Waals surface area contributed by atoms with E-state index in [0.717, 1.165) is 12.1 Å². The Morgan fingerprint density at radius 1 is 1.23 bits per heavy atom. The third-order valence-corrected chi connectivity index (χ3v) is 3.94. The molecule has 3 nitrogen and oxygen atoms in total. The molecule has 0 amide bonds. The first kappa shape index (κ1) is 18.6. The molecule has 1 aromatic rings. The maximum atomic E-state index is 12.8. The number of hydrogen-bond donors (Lipinski definition) is 1. The number of likely N-dealkylation sites (N-methyl/N-ethyl adjacent to an activating group) is 1. The molecule has 0 saturated carbocycles. The van der Waals surface area contributed by atoms with Gasteiger partial charge in [-0.1, -0.05) is 52.8 Å². The van der Waals surface area contributed by atoms with E-state index in [0.29, 0.717) is 11.0 Å². The van der Waals surface area contributed by atoms with Crippen molar-refractivity contribution in [2.24, 2.45) is 11.3 Å². The second-order valence-electron chi connectivity index (χ2n) is 7.17. The van der Waals surface area contributed by atoms with Crippen molar-refractivity contribution < 1.29 is 4.79 Å². The van der Waals surface area contributed by atoms with Gasteiger partial charge in [0.2, 0.25) is 0 Å². The summed E-state index contributed by atoms with van der Waals surface area (Å²) in [6.07, 6.45) is 0.795. The maximum Gasteiger partial charge on any atom is 0.173 e. The average molecular weight is 321 g/mol. The van der Waals surface area contributed by atoms with Crippen LogP contribution in [0.3, 0.4) is 0 Å². The van der Waals surface area contributed by atoms with Crippen molar-refractivity contribution in [1.29, 1.82) is 0 Å². The fraction of sp³-hybridized carbons (Fsp3) is 0.556. The summed E-state index contributed by atoms with van der Waals surface area (Å²) in [6.45, 7) is 10.1. The SMILES string of the molecule is CC(C)C[C@H](C(=O)C(C)(C)C)N(C)C(=S)Nc1ccccc1. The zero-order valence-electron chi connectivity index (χ0n) is 14.5. The van der Waals surface area contributed by atoms with Gasteiger partial charge in [0.05, 0.1) is 6.04 Å². The van der Waals surface area contributed by atoms with E-state index < -0.39 is 0 Å². The first-order chi connectivity index (χ1) is 10.1. The molecule has 122 valence electrons. The molecule has 0 aromatic heterocycles. The van der Waals surface area contributed by atoms with Gasteiger partial charge in [0.15, 0.2) is 10.9 Å². The van der Waals surface area contributed by atoms with E-state index in [1.165, 1.54) is 0 Å². The van der Waals surface area contributed by atoms with Crippen LogP contribution in [-0.2, 0) is 4.79 Å². The van der Waals surface area contributed by atoms with Crippen molar-refractivity contribution in [2.75, 3.05) is 12.4 Å². The van der Waals surface area contributed by atoms with Gasteiger partial charge >= 0.3 is 0 Å². The molecule has 0 unspecified atom stereocenters. The highest BCUT2D eigenvalue weighted by Crippen LogP contribution is 2.24. The maximum absolute atomic E-state index is 12.8. The van der Waals surface area contributed by atoms with Gasteiger partial charge in [-0.2, -0.15) is 0 Å². The number of para-hydroxylation sites is 1. The summed E-state index contributed by atoms with van der Waals surface area (Å²) in [5.41, 5.74) is 0.557. The van der Waals surface area contributed by atoms with Gasteiger partial charge in [-0.05, 0) is 36.7 Å². The Morgan fingerprint density at radius 2 is 1.77 bits per heavy atom. The Bertz CT molecular complexity index is 506. The lowest BCUT2D eigenvalue weighted by atomic mass is 9.83. The van der Waals surface area contributed by atoms with Crippen molar-refractivity contribution in [2.45, 2.75) is 47.1 Å². The van der Waals surface area contributed by atoms with E-state index in [4.69, 9.17) is 12.2 Å². The molecule has 0 fully saturated rings. The third kappa shape index (κ3) is 5.41. The number of thiocarbonyl (C=S) groups is 1. The second kappa shape index (κ2) is 7.73. The van der Waals surface area contributed by atoms with Gasteiger partial charge in [0.25, 0.3) is 0 Å². The number of ketones is 1. The van der Waals surface area contributed by atoms with Crippen LogP contribution in [0.25, 0.3) is 0 Å². The molecule has 1 aromatic carbocycles. The number of anilines is 1. The van der Waals surface area contributed by atoms with Gasteiger partial charge in [-0.15, -0.1) is 0 Å². The standard InChI is InChI=1S/C18H28N2OS/c1-13(2)12-15(16(21)18(3,4)5)20(6)17(22)19-14-10-8-7-9-11-14/h7-11,13,15H,12H2,1-6H3,(H,19,22)/t15-/m1/s1. The van der Waals surface area contributed by atoms with E-state index in [9.17, 15) is 4.79 Å². The van der Waals surface area contributed by atoms with Crippen molar-refractivity contribution in [3.8, 4) is 0 Å². The summed E-state index contributed by atoms with van der Waals surface area (Å²) in [7, 11) is 1.90. The molecular weight excluding hydrogens is 292 g/mol. The fourth-order valence-electron chi connectivity index (χ4n) is 2.26. The van der Waals surface area contributed by atoms with Crippen molar-refractivity contribution in [3.05, 3.63) is 30.3 Å². The molecule has 1 N–H and O–H groups in total. The first-order valence-corrected chi connectivity index (χ1v) is 8.17. The number of nitrogens with zero attached hydrogens (tertiary/aromatic N) is 1. The van der Waals surface area contributed by atoms with E-state index in [1.54, 1.807) is 0 Å². The molecule has 0 saturated heterocycles. The minimum Gasteiger partial charge on any atom is -0.342 e. The molecule has 0 radical (unpaired) electrons. The molecule has 0 aliphatic heterocycles. The molecule has 0 heterocycles. The number of Topliss-reactive ketones (excluding diaryl/α,β-unsaturated/α-hetero) is 1. The zero-order valence-corrected chi connectivity index (χ0v) is 15.3. The topological polar surface area (TPSA) is 32.3 Å². The Kier molecular flexibility index (Phi) is 6.54. The van der Waals surface area contributed by atoms with Gasteiger partial charge < -0.3 is 10.2 Å². The number of carbonyl (C=O) groups is 1. The van der Waals surface area contributed by atoms with E-state index in [1.807, 2.05) is 63.1 Å². The fourth-order valence-corrected chi connectivity index (χ4v) is 2.51. The van der Waals surface area contributed by atoms with E-state index in [-0.39, 0.29) is 17.2 Å². The van der Waals surface area contributed by atoms with Crippen LogP contribution in [0.4, 0.5) is 5.69 Å². The number of hydrogen-bond acceptors (Lipinski definition) is 2. The normalized spacial score (nSPS) is 12.9. The minimum absolute atomic E-state index is 0.205. The lowest BCUT2D eigenvalue weighted by Gasteiger charge is -2.34. The smallest absolute Gasteiger partial charge is 0.173 e. The molecule has 0 bridgehead atoms.